The van der Waals surface area contributed by atoms with Crippen molar-refractivity contribution in [3.05, 3.63) is 34.3 Å². The highest BCUT2D eigenvalue weighted by Gasteiger charge is 2.43. The lowest BCUT2D eigenvalue weighted by molar-refractivity contribution is 0.109. The molecule has 3 heteroatoms. The number of rotatable bonds is 5. The van der Waals surface area contributed by atoms with Gasteiger partial charge in [-0.3, -0.25) is 0 Å². The minimum absolute atomic E-state index is 0.0895. The Balaban J connectivity index is 2.13. The molecule has 1 aromatic carbocycles. The SMILES string of the molecule is NCC(CO)(Cc1ccc(Br)cc1)C1CC1. The van der Waals surface area contributed by atoms with Gasteiger partial charge in [0.15, 0.2) is 0 Å². The summed E-state index contributed by atoms with van der Waals surface area (Å²) in [7, 11) is 0. The number of aliphatic hydroxyl groups is 1. The van der Waals surface area contributed by atoms with Crippen LogP contribution in [0, 0.1) is 11.3 Å². The van der Waals surface area contributed by atoms with Crippen molar-refractivity contribution in [2.75, 3.05) is 13.2 Å². The molecule has 1 aromatic rings. The van der Waals surface area contributed by atoms with E-state index in [1.54, 1.807) is 0 Å². The third-order valence-electron chi connectivity index (χ3n) is 3.63. The third kappa shape index (κ3) is 2.47. The molecule has 0 aliphatic heterocycles. The maximum atomic E-state index is 9.61. The maximum Gasteiger partial charge on any atom is 0.0505 e. The van der Waals surface area contributed by atoms with Crippen LogP contribution < -0.4 is 5.73 Å². The Morgan fingerprint density at radius 3 is 2.38 bits per heavy atom. The molecule has 16 heavy (non-hydrogen) atoms. The highest BCUT2D eigenvalue weighted by atomic mass is 79.9. The maximum absolute atomic E-state index is 9.61. The lowest BCUT2D eigenvalue weighted by Crippen LogP contribution is -2.38. The van der Waals surface area contributed by atoms with E-state index in [1.165, 1.54) is 18.4 Å². The van der Waals surface area contributed by atoms with Crippen molar-refractivity contribution in [3.8, 4) is 0 Å². The van der Waals surface area contributed by atoms with Gasteiger partial charge in [0, 0.05) is 16.4 Å². The van der Waals surface area contributed by atoms with E-state index in [-0.39, 0.29) is 12.0 Å². The van der Waals surface area contributed by atoms with Crippen molar-refractivity contribution < 1.29 is 5.11 Å². The van der Waals surface area contributed by atoms with Crippen LogP contribution in [0.15, 0.2) is 28.7 Å². The molecule has 0 bridgehead atoms. The van der Waals surface area contributed by atoms with Gasteiger partial charge in [-0.2, -0.15) is 0 Å². The van der Waals surface area contributed by atoms with Gasteiger partial charge in [0.2, 0.25) is 0 Å². The smallest absolute Gasteiger partial charge is 0.0505 e. The monoisotopic (exact) mass is 283 g/mol. The number of hydrogen-bond acceptors (Lipinski definition) is 2. The van der Waals surface area contributed by atoms with Crippen LogP contribution in [0.5, 0.6) is 0 Å². The third-order valence-corrected chi connectivity index (χ3v) is 4.16. The first kappa shape index (κ1) is 12.1. The van der Waals surface area contributed by atoms with Gasteiger partial charge in [-0.05, 0) is 42.9 Å². The molecule has 1 saturated carbocycles. The van der Waals surface area contributed by atoms with E-state index in [1.807, 2.05) is 12.1 Å². The number of hydrogen-bond donors (Lipinski definition) is 2. The topological polar surface area (TPSA) is 46.2 Å². The summed E-state index contributed by atoms with van der Waals surface area (Å²) < 4.78 is 1.09. The van der Waals surface area contributed by atoms with Crippen molar-refractivity contribution in [2.24, 2.45) is 17.1 Å². The molecular weight excluding hydrogens is 266 g/mol. The molecule has 2 nitrogen and oxygen atoms in total. The number of aliphatic hydroxyl groups excluding tert-OH is 1. The van der Waals surface area contributed by atoms with Crippen LogP contribution in [0.2, 0.25) is 0 Å². The van der Waals surface area contributed by atoms with Gasteiger partial charge in [0.05, 0.1) is 6.61 Å². The quantitative estimate of drug-likeness (QED) is 0.871. The van der Waals surface area contributed by atoms with Gasteiger partial charge in [0.1, 0.15) is 0 Å². The number of nitrogens with two attached hydrogens (primary N) is 1. The predicted molar refractivity (Wildman–Crippen MR) is 69.1 cm³/mol. The summed E-state index contributed by atoms with van der Waals surface area (Å²) in [6, 6.07) is 8.29. The van der Waals surface area contributed by atoms with Crippen LogP contribution in [-0.4, -0.2) is 18.3 Å². The summed E-state index contributed by atoms with van der Waals surface area (Å²) in [5.74, 6) is 0.617. The summed E-state index contributed by atoms with van der Waals surface area (Å²) >= 11 is 3.43. The second kappa shape index (κ2) is 4.86. The van der Waals surface area contributed by atoms with Crippen LogP contribution in [0.4, 0.5) is 0 Å². The zero-order valence-electron chi connectivity index (χ0n) is 9.32. The zero-order valence-corrected chi connectivity index (χ0v) is 10.9. The summed E-state index contributed by atoms with van der Waals surface area (Å²) in [5.41, 5.74) is 7.04. The molecule has 1 atom stereocenters. The minimum atomic E-state index is -0.0895. The summed E-state index contributed by atoms with van der Waals surface area (Å²) in [4.78, 5) is 0. The van der Waals surface area contributed by atoms with Gasteiger partial charge in [-0.1, -0.05) is 28.1 Å². The van der Waals surface area contributed by atoms with Crippen LogP contribution in [0.1, 0.15) is 18.4 Å². The molecule has 0 spiro atoms. The van der Waals surface area contributed by atoms with E-state index < -0.39 is 0 Å². The molecule has 0 amide bonds. The van der Waals surface area contributed by atoms with Crippen LogP contribution in [0.3, 0.4) is 0 Å². The first-order valence-corrected chi connectivity index (χ1v) is 6.55. The van der Waals surface area contributed by atoms with Gasteiger partial charge in [-0.25, -0.2) is 0 Å². The van der Waals surface area contributed by atoms with E-state index in [2.05, 4.69) is 28.1 Å². The first-order chi connectivity index (χ1) is 7.70. The van der Waals surface area contributed by atoms with Crippen LogP contribution in [0.25, 0.3) is 0 Å². The van der Waals surface area contributed by atoms with E-state index in [0.29, 0.717) is 12.5 Å². The van der Waals surface area contributed by atoms with E-state index in [0.717, 1.165) is 10.9 Å². The highest BCUT2D eigenvalue weighted by molar-refractivity contribution is 9.10. The minimum Gasteiger partial charge on any atom is -0.396 e. The highest BCUT2D eigenvalue weighted by Crippen LogP contribution is 2.46. The Bertz CT molecular complexity index is 341. The fraction of sp³-hybridized carbons (Fsp3) is 0.538. The molecular formula is C13H18BrNO. The first-order valence-electron chi connectivity index (χ1n) is 5.75. The summed E-state index contributed by atoms with van der Waals surface area (Å²) in [6.45, 7) is 0.772. The Morgan fingerprint density at radius 1 is 1.31 bits per heavy atom. The second-order valence-electron chi connectivity index (χ2n) is 4.80. The van der Waals surface area contributed by atoms with Gasteiger partial charge < -0.3 is 10.8 Å². The fourth-order valence-electron chi connectivity index (χ4n) is 2.34. The molecule has 1 fully saturated rings. The normalized spacial score (nSPS) is 19.4. The lowest BCUT2D eigenvalue weighted by atomic mass is 9.78. The van der Waals surface area contributed by atoms with Crippen molar-refractivity contribution in [2.45, 2.75) is 19.3 Å². The van der Waals surface area contributed by atoms with Crippen molar-refractivity contribution in [1.29, 1.82) is 0 Å². The Labute approximate surface area is 105 Å². The molecule has 0 heterocycles. The molecule has 1 aliphatic rings. The molecule has 1 unspecified atom stereocenters. The van der Waals surface area contributed by atoms with Crippen molar-refractivity contribution in [3.63, 3.8) is 0 Å². The fourth-order valence-corrected chi connectivity index (χ4v) is 2.60. The molecule has 0 aromatic heterocycles. The van der Waals surface area contributed by atoms with Crippen molar-refractivity contribution >= 4 is 15.9 Å². The molecule has 3 N–H and O–H groups in total. The Kier molecular flexibility index (Phi) is 3.67. The average molecular weight is 284 g/mol. The van der Waals surface area contributed by atoms with Gasteiger partial charge in [0.25, 0.3) is 0 Å². The molecule has 0 radical (unpaired) electrons. The average Bonchev–Trinajstić information content (AvgIpc) is 3.13. The van der Waals surface area contributed by atoms with E-state index in [4.69, 9.17) is 5.73 Å². The van der Waals surface area contributed by atoms with Crippen LogP contribution >= 0.6 is 15.9 Å². The second-order valence-corrected chi connectivity index (χ2v) is 5.72. The lowest BCUT2D eigenvalue weighted by Gasteiger charge is -2.30. The molecule has 2 rings (SSSR count). The predicted octanol–water partition coefficient (Wildman–Crippen LogP) is 2.34. The molecule has 1 aliphatic carbocycles. The van der Waals surface area contributed by atoms with Crippen molar-refractivity contribution in [1.82, 2.24) is 0 Å². The van der Waals surface area contributed by atoms with Gasteiger partial charge in [-0.15, -0.1) is 0 Å². The Hall–Kier alpha value is -0.380. The number of benzene rings is 1. The summed E-state index contributed by atoms with van der Waals surface area (Å²) in [6.07, 6.45) is 3.32. The van der Waals surface area contributed by atoms with Gasteiger partial charge >= 0.3 is 0 Å². The molecule has 88 valence electrons. The summed E-state index contributed by atoms with van der Waals surface area (Å²) in [5, 5.41) is 9.61. The van der Waals surface area contributed by atoms with Crippen LogP contribution in [-0.2, 0) is 6.42 Å². The largest absolute Gasteiger partial charge is 0.396 e. The standard InChI is InChI=1S/C13H18BrNO/c14-12-5-1-10(2-6-12)7-13(8-15,9-16)11-3-4-11/h1-2,5-6,11,16H,3-4,7-9,15H2. The van der Waals surface area contributed by atoms with E-state index >= 15 is 0 Å². The van der Waals surface area contributed by atoms with E-state index in [9.17, 15) is 5.11 Å². The number of halogens is 1. The molecule has 0 saturated heterocycles. The Morgan fingerprint density at radius 2 is 1.94 bits per heavy atom. The zero-order chi connectivity index (χ0) is 11.6.